The van der Waals surface area contributed by atoms with Crippen molar-refractivity contribution in [1.82, 2.24) is 20.2 Å². The predicted octanol–water partition coefficient (Wildman–Crippen LogP) is 5.22. The van der Waals surface area contributed by atoms with Crippen LogP contribution in [-0.2, 0) is 0 Å². The molecule has 1 aliphatic carbocycles. The minimum Gasteiger partial charge on any atom is -0.355 e. The smallest absolute Gasteiger partial charge is 0.202 e. The van der Waals surface area contributed by atoms with Crippen molar-refractivity contribution in [3.63, 3.8) is 0 Å². The molecule has 5 nitrogen and oxygen atoms in total. The quantitative estimate of drug-likeness (QED) is 0.641. The third-order valence-corrected chi connectivity index (χ3v) is 7.22. The number of anilines is 1. The lowest BCUT2D eigenvalue weighted by Crippen LogP contribution is -2.41. The fourth-order valence-corrected chi connectivity index (χ4v) is 5.34. The maximum absolute atomic E-state index is 14.3. The van der Waals surface area contributed by atoms with Crippen LogP contribution in [0.25, 0.3) is 22.4 Å². The molecule has 1 atom stereocenters. The van der Waals surface area contributed by atoms with E-state index in [9.17, 15) is 4.39 Å². The maximum atomic E-state index is 14.3. The van der Waals surface area contributed by atoms with Crippen LogP contribution in [0.1, 0.15) is 39.0 Å². The minimum atomic E-state index is -0.407. The fraction of sp³-hybridized carbons (Fsp3) is 0.476. The van der Waals surface area contributed by atoms with Gasteiger partial charge in [-0.05, 0) is 42.7 Å². The molecule has 1 saturated carbocycles. The number of piperidine rings is 1. The second-order valence-corrected chi connectivity index (χ2v) is 8.65. The van der Waals surface area contributed by atoms with Crippen LogP contribution in [-0.4, -0.2) is 33.3 Å². The molecule has 1 aliphatic heterocycles. The molecule has 5 rings (SSSR count). The minimum absolute atomic E-state index is 0.281. The largest absolute Gasteiger partial charge is 0.355 e. The number of hydrogen-bond donors (Lipinski definition) is 1. The number of aromatic amines is 1. The van der Waals surface area contributed by atoms with Crippen molar-refractivity contribution in [2.45, 2.75) is 39.0 Å². The summed E-state index contributed by atoms with van der Waals surface area (Å²) in [6.07, 6.45) is 8.28. The van der Waals surface area contributed by atoms with Crippen LogP contribution >= 0.6 is 11.6 Å². The maximum Gasteiger partial charge on any atom is 0.202 e. The van der Waals surface area contributed by atoms with Crippen molar-refractivity contribution in [1.29, 1.82) is 0 Å². The summed E-state index contributed by atoms with van der Waals surface area (Å²) >= 11 is 6.20. The number of hydrogen-bond acceptors (Lipinski definition) is 4. The predicted molar refractivity (Wildman–Crippen MR) is 109 cm³/mol. The van der Waals surface area contributed by atoms with E-state index in [1.165, 1.54) is 38.2 Å². The SMILES string of the molecule is C[C@@H]1CCCC12CCN(c1cnc3c(-c4c(F)cccc4Cl)[nH]nc3n1)CC2. The molecule has 2 aromatic heterocycles. The number of halogens is 2. The summed E-state index contributed by atoms with van der Waals surface area (Å²) in [6.45, 7) is 4.41. The molecule has 146 valence electrons. The number of fused-ring (bicyclic) bond motifs is 1. The van der Waals surface area contributed by atoms with Gasteiger partial charge in [0.1, 0.15) is 17.2 Å². The summed E-state index contributed by atoms with van der Waals surface area (Å²) in [7, 11) is 0. The number of aromatic nitrogens is 4. The van der Waals surface area contributed by atoms with Gasteiger partial charge >= 0.3 is 0 Å². The van der Waals surface area contributed by atoms with Gasteiger partial charge < -0.3 is 4.90 Å². The van der Waals surface area contributed by atoms with Gasteiger partial charge in [-0.2, -0.15) is 5.10 Å². The molecule has 3 heterocycles. The van der Waals surface area contributed by atoms with Crippen LogP contribution < -0.4 is 4.90 Å². The molecule has 3 aromatic rings. The Hall–Kier alpha value is -2.21. The Labute approximate surface area is 168 Å². The molecule has 2 fully saturated rings. The Morgan fingerprint density at radius 3 is 2.79 bits per heavy atom. The van der Waals surface area contributed by atoms with E-state index in [2.05, 4.69) is 27.0 Å². The zero-order valence-corrected chi connectivity index (χ0v) is 16.6. The topological polar surface area (TPSA) is 57.7 Å². The van der Waals surface area contributed by atoms with Crippen molar-refractivity contribution in [2.75, 3.05) is 18.0 Å². The van der Waals surface area contributed by atoms with Crippen LogP contribution in [0.2, 0.25) is 5.02 Å². The Kier molecular flexibility index (Phi) is 4.27. The van der Waals surface area contributed by atoms with Crippen molar-refractivity contribution in [3.05, 3.63) is 35.2 Å². The summed E-state index contributed by atoms with van der Waals surface area (Å²) in [4.78, 5) is 11.5. The van der Waals surface area contributed by atoms with Crippen molar-refractivity contribution >= 4 is 28.6 Å². The summed E-state index contributed by atoms with van der Waals surface area (Å²) in [6, 6.07) is 4.61. The summed E-state index contributed by atoms with van der Waals surface area (Å²) in [5, 5.41) is 7.46. The molecule has 7 heteroatoms. The lowest BCUT2D eigenvalue weighted by atomic mass is 9.71. The molecular weight excluding hydrogens is 377 g/mol. The van der Waals surface area contributed by atoms with Crippen molar-refractivity contribution in [3.8, 4) is 11.3 Å². The van der Waals surface area contributed by atoms with E-state index in [0.717, 1.165) is 24.8 Å². The van der Waals surface area contributed by atoms with Crippen LogP contribution in [0.3, 0.4) is 0 Å². The van der Waals surface area contributed by atoms with Crippen LogP contribution in [0.15, 0.2) is 24.4 Å². The van der Waals surface area contributed by atoms with Crippen LogP contribution in [0.5, 0.6) is 0 Å². The first-order valence-corrected chi connectivity index (χ1v) is 10.4. The van der Waals surface area contributed by atoms with Gasteiger partial charge in [-0.3, -0.25) is 5.10 Å². The second kappa shape index (κ2) is 6.69. The van der Waals surface area contributed by atoms with Gasteiger partial charge in [0.15, 0.2) is 0 Å². The van der Waals surface area contributed by atoms with Crippen molar-refractivity contribution in [2.24, 2.45) is 11.3 Å². The number of rotatable bonds is 2. The van der Waals surface area contributed by atoms with E-state index in [1.54, 1.807) is 18.3 Å². The number of nitrogens with one attached hydrogen (secondary N) is 1. The van der Waals surface area contributed by atoms with E-state index in [-0.39, 0.29) is 5.56 Å². The molecule has 1 saturated heterocycles. The zero-order chi connectivity index (χ0) is 19.3. The van der Waals surface area contributed by atoms with Gasteiger partial charge in [-0.25, -0.2) is 14.4 Å². The zero-order valence-electron chi connectivity index (χ0n) is 15.9. The molecular formula is C21H23ClFN5. The highest BCUT2D eigenvalue weighted by atomic mass is 35.5. The van der Waals surface area contributed by atoms with E-state index >= 15 is 0 Å². The molecule has 1 N–H and O–H groups in total. The average molecular weight is 400 g/mol. The summed E-state index contributed by atoms with van der Waals surface area (Å²) in [5.74, 6) is 1.25. The summed E-state index contributed by atoms with van der Waals surface area (Å²) < 4.78 is 14.3. The molecule has 0 unspecified atom stereocenters. The van der Waals surface area contributed by atoms with E-state index in [4.69, 9.17) is 16.6 Å². The lowest BCUT2D eigenvalue weighted by Gasteiger charge is -2.42. The van der Waals surface area contributed by atoms with Gasteiger partial charge in [0.2, 0.25) is 5.65 Å². The fourth-order valence-electron chi connectivity index (χ4n) is 5.09. The molecule has 28 heavy (non-hydrogen) atoms. The summed E-state index contributed by atoms with van der Waals surface area (Å²) in [5.41, 5.74) is 2.29. The van der Waals surface area contributed by atoms with Gasteiger partial charge in [-0.1, -0.05) is 37.4 Å². The number of H-pyrrole nitrogens is 1. The third-order valence-electron chi connectivity index (χ3n) is 6.90. The molecule has 1 spiro atoms. The second-order valence-electron chi connectivity index (χ2n) is 8.24. The van der Waals surface area contributed by atoms with E-state index < -0.39 is 5.82 Å². The molecule has 0 amide bonds. The van der Waals surface area contributed by atoms with Gasteiger partial charge in [0.25, 0.3) is 0 Å². The lowest BCUT2D eigenvalue weighted by molar-refractivity contribution is 0.161. The van der Waals surface area contributed by atoms with E-state index in [0.29, 0.717) is 27.3 Å². The third kappa shape index (κ3) is 2.77. The Bertz CT molecular complexity index is 1000. The average Bonchev–Trinajstić information content (AvgIpc) is 3.26. The van der Waals surface area contributed by atoms with Crippen molar-refractivity contribution < 1.29 is 4.39 Å². The highest BCUT2D eigenvalue weighted by molar-refractivity contribution is 6.33. The molecule has 0 radical (unpaired) electrons. The van der Waals surface area contributed by atoms with Gasteiger partial charge in [0.05, 0.1) is 22.5 Å². The van der Waals surface area contributed by atoms with Gasteiger partial charge in [0, 0.05) is 13.1 Å². The highest BCUT2D eigenvalue weighted by Crippen LogP contribution is 2.50. The number of nitrogens with zero attached hydrogens (tertiary/aromatic N) is 4. The first-order chi connectivity index (χ1) is 13.6. The standard InChI is InChI=1S/C21H23ClFN5/c1-13-4-3-7-21(13)8-10-28(11-9-21)16-12-24-19-18(26-27-20(19)25-16)17-14(22)5-2-6-15(17)23/h2,5-6,12-13H,3-4,7-11H2,1H3,(H,25,26,27)/t13-/m1/s1. The molecule has 0 bridgehead atoms. The highest BCUT2D eigenvalue weighted by Gasteiger charge is 2.42. The normalized spacial score (nSPS) is 21.7. The monoisotopic (exact) mass is 399 g/mol. The van der Waals surface area contributed by atoms with Gasteiger partial charge in [-0.15, -0.1) is 0 Å². The molecule has 1 aromatic carbocycles. The Morgan fingerprint density at radius 1 is 1.25 bits per heavy atom. The Morgan fingerprint density at radius 2 is 2.07 bits per heavy atom. The van der Waals surface area contributed by atoms with Crippen LogP contribution in [0, 0.1) is 17.2 Å². The van der Waals surface area contributed by atoms with Crippen LogP contribution in [0.4, 0.5) is 10.2 Å². The first kappa shape index (κ1) is 17.9. The van der Waals surface area contributed by atoms with E-state index in [1.807, 2.05) is 0 Å². The first-order valence-electron chi connectivity index (χ1n) is 9.98. The Balaban J connectivity index is 1.43. The molecule has 2 aliphatic rings. The number of benzene rings is 1.